The van der Waals surface area contributed by atoms with E-state index in [9.17, 15) is 14.7 Å². The quantitative estimate of drug-likeness (QED) is 0.486. The first-order valence-corrected chi connectivity index (χ1v) is 13.3. The Kier molecular flexibility index (Phi) is 6.04. The Morgan fingerprint density at radius 1 is 0.944 bits per heavy atom. The van der Waals surface area contributed by atoms with Crippen LogP contribution in [0, 0.1) is 0 Å². The van der Waals surface area contributed by atoms with E-state index in [4.69, 9.17) is 0 Å². The van der Waals surface area contributed by atoms with E-state index >= 15 is 0 Å². The Balaban J connectivity index is 1.48. The van der Waals surface area contributed by atoms with Gasteiger partial charge in [0.1, 0.15) is 0 Å². The molecule has 3 aliphatic rings. The Hall–Kier alpha value is -3.54. The van der Waals surface area contributed by atoms with Crippen molar-refractivity contribution in [3.05, 3.63) is 65.7 Å². The standard InChI is InChI=1S/C30H33N3O3/c34-27(31-15-7-2-8-16-31)20-32-17-18-33-26-19-22(30(35)36)13-14-23(26)28(21-9-3-1-4-10-21)29(33)24-11-5-6-12-25(24)32/h2,5-7,11-14,19,21H,1,3-4,8-10,15-18,20H2,(H,35,36). The minimum Gasteiger partial charge on any atom is -0.478 e. The molecule has 3 aromatic rings. The highest BCUT2D eigenvalue weighted by molar-refractivity contribution is 6.00. The van der Waals surface area contributed by atoms with Crippen molar-refractivity contribution < 1.29 is 14.7 Å². The van der Waals surface area contributed by atoms with Gasteiger partial charge >= 0.3 is 5.97 Å². The average molecular weight is 484 g/mol. The van der Waals surface area contributed by atoms with Crippen molar-refractivity contribution in [2.24, 2.45) is 0 Å². The molecule has 1 aliphatic carbocycles. The zero-order valence-corrected chi connectivity index (χ0v) is 20.7. The van der Waals surface area contributed by atoms with E-state index in [0.717, 1.165) is 29.7 Å². The van der Waals surface area contributed by atoms with Gasteiger partial charge in [-0.25, -0.2) is 4.79 Å². The second-order valence-electron chi connectivity index (χ2n) is 10.3. The van der Waals surface area contributed by atoms with Gasteiger partial charge in [0.05, 0.1) is 17.8 Å². The molecule has 0 bridgehead atoms. The van der Waals surface area contributed by atoms with Crippen LogP contribution < -0.4 is 4.90 Å². The second-order valence-corrected chi connectivity index (χ2v) is 10.3. The molecule has 0 atom stereocenters. The van der Waals surface area contributed by atoms with Gasteiger partial charge in [-0.1, -0.05) is 55.7 Å². The van der Waals surface area contributed by atoms with Crippen LogP contribution in [0.15, 0.2) is 54.6 Å². The van der Waals surface area contributed by atoms with Gasteiger partial charge in [-0.05, 0) is 48.9 Å². The summed E-state index contributed by atoms with van der Waals surface area (Å²) in [5.41, 5.74) is 6.13. The summed E-state index contributed by atoms with van der Waals surface area (Å²) >= 11 is 0. The van der Waals surface area contributed by atoms with Crippen LogP contribution >= 0.6 is 0 Å². The monoisotopic (exact) mass is 483 g/mol. The minimum absolute atomic E-state index is 0.159. The van der Waals surface area contributed by atoms with Crippen molar-refractivity contribution in [2.75, 3.05) is 31.1 Å². The van der Waals surface area contributed by atoms with Gasteiger partial charge < -0.3 is 19.5 Å². The van der Waals surface area contributed by atoms with E-state index in [1.54, 1.807) is 6.07 Å². The molecule has 6 heteroatoms. The summed E-state index contributed by atoms with van der Waals surface area (Å²) in [6, 6.07) is 14.1. The molecule has 0 unspecified atom stereocenters. The molecule has 36 heavy (non-hydrogen) atoms. The summed E-state index contributed by atoms with van der Waals surface area (Å²) in [6.45, 7) is 3.23. The molecule has 0 saturated heterocycles. The molecule has 1 aromatic heterocycles. The maximum absolute atomic E-state index is 13.2. The zero-order valence-electron chi connectivity index (χ0n) is 20.7. The number of rotatable bonds is 4. The van der Waals surface area contributed by atoms with Gasteiger partial charge in [-0.3, -0.25) is 4.79 Å². The molecule has 3 heterocycles. The number of carbonyl (C=O) groups is 2. The number of amides is 1. The zero-order chi connectivity index (χ0) is 24.6. The van der Waals surface area contributed by atoms with E-state index in [-0.39, 0.29) is 5.91 Å². The lowest BCUT2D eigenvalue weighted by Gasteiger charge is -2.29. The van der Waals surface area contributed by atoms with Gasteiger partial charge in [0, 0.05) is 48.3 Å². The summed E-state index contributed by atoms with van der Waals surface area (Å²) in [7, 11) is 0. The topological polar surface area (TPSA) is 65.8 Å². The smallest absolute Gasteiger partial charge is 0.335 e. The fraction of sp³-hybridized carbons (Fsp3) is 0.400. The highest BCUT2D eigenvalue weighted by atomic mass is 16.4. The van der Waals surface area contributed by atoms with Crippen LogP contribution in [-0.2, 0) is 11.3 Å². The number of fused-ring (bicyclic) bond motifs is 5. The van der Waals surface area contributed by atoms with E-state index in [0.29, 0.717) is 37.7 Å². The third kappa shape index (κ3) is 3.98. The van der Waals surface area contributed by atoms with Crippen molar-refractivity contribution in [1.29, 1.82) is 0 Å². The molecule has 2 aliphatic heterocycles. The van der Waals surface area contributed by atoms with Crippen LogP contribution in [0.1, 0.15) is 60.4 Å². The van der Waals surface area contributed by atoms with Gasteiger partial charge in [-0.2, -0.15) is 0 Å². The molecule has 0 radical (unpaired) electrons. The van der Waals surface area contributed by atoms with Crippen LogP contribution in [0.25, 0.3) is 22.2 Å². The molecule has 0 spiro atoms. The predicted molar refractivity (Wildman–Crippen MR) is 143 cm³/mol. The molecule has 1 amide bonds. The average Bonchev–Trinajstić information content (AvgIpc) is 3.16. The lowest BCUT2D eigenvalue weighted by molar-refractivity contribution is -0.129. The van der Waals surface area contributed by atoms with Gasteiger partial charge in [-0.15, -0.1) is 0 Å². The number of anilines is 1. The third-order valence-corrected chi connectivity index (χ3v) is 8.19. The number of carboxylic acids is 1. The second kappa shape index (κ2) is 9.49. The van der Waals surface area contributed by atoms with Crippen molar-refractivity contribution >= 4 is 28.5 Å². The fourth-order valence-corrected chi connectivity index (χ4v) is 6.42. The highest BCUT2D eigenvalue weighted by Gasteiger charge is 2.31. The summed E-state index contributed by atoms with van der Waals surface area (Å²) in [4.78, 5) is 29.2. The Morgan fingerprint density at radius 3 is 2.56 bits per heavy atom. The molecule has 2 aromatic carbocycles. The van der Waals surface area contributed by atoms with Crippen LogP contribution in [-0.4, -0.2) is 52.6 Å². The van der Waals surface area contributed by atoms with Crippen molar-refractivity contribution in [1.82, 2.24) is 9.47 Å². The number of carboxylic acid groups (broad SMARTS) is 1. The number of carbonyl (C=O) groups excluding carboxylic acids is 1. The number of aromatic nitrogens is 1. The number of hydrogen-bond acceptors (Lipinski definition) is 3. The maximum atomic E-state index is 13.2. The SMILES string of the molecule is O=C(O)c1ccc2c(C3CCCCC3)c3n(c2c1)CCN(CC(=O)N1CC=CCC1)c1ccccc1-3. The highest BCUT2D eigenvalue weighted by Crippen LogP contribution is 2.47. The summed E-state index contributed by atoms with van der Waals surface area (Å²) in [5.74, 6) is -0.274. The van der Waals surface area contributed by atoms with E-state index in [1.165, 1.54) is 48.7 Å². The van der Waals surface area contributed by atoms with E-state index in [1.807, 2.05) is 17.0 Å². The fourth-order valence-electron chi connectivity index (χ4n) is 6.42. The number of benzene rings is 2. The number of nitrogens with zero attached hydrogens (tertiary/aromatic N) is 3. The van der Waals surface area contributed by atoms with Gasteiger partial charge in [0.15, 0.2) is 0 Å². The lowest BCUT2D eigenvalue weighted by atomic mass is 9.81. The summed E-state index contributed by atoms with van der Waals surface area (Å²) in [6.07, 6.45) is 11.2. The predicted octanol–water partition coefficient (Wildman–Crippen LogP) is 5.66. The summed E-state index contributed by atoms with van der Waals surface area (Å²) in [5, 5.41) is 10.9. The maximum Gasteiger partial charge on any atom is 0.335 e. The van der Waals surface area contributed by atoms with Crippen molar-refractivity contribution in [3.8, 4) is 11.3 Å². The molecule has 1 saturated carbocycles. The Labute approximate surface area is 211 Å². The van der Waals surface area contributed by atoms with Crippen LogP contribution in [0.4, 0.5) is 5.69 Å². The first-order valence-electron chi connectivity index (χ1n) is 13.3. The molecule has 186 valence electrons. The van der Waals surface area contributed by atoms with Crippen LogP contribution in [0.5, 0.6) is 0 Å². The molecule has 1 fully saturated rings. The van der Waals surface area contributed by atoms with Crippen molar-refractivity contribution in [2.45, 2.75) is 51.0 Å². The van der Waals surface area contributed by atoms with Crippen LogP contribution in [0.3, 0.4) is 0 Å². The summed E-state index contributed by atoms with van der Waals surface area (Å²) < 4.78 is 2.33. The minimum atomic E-state index is -0.900. The van der Waals surface area contributed by atoms with E-state index in [2.05, 4.69) is 45.9 Å². The number of para-hydroxylation sites is 1. The molecule has 6 nitrogen and oxygen atoms in total. The Morgan fingerprint density at radius 2 is 1.78 bits per heavy atom. The molecule has 1 N–H and O–H groups in total. The number of aromatic carboxylic acids is 1. The Bertz CT molecular complexity index is 1350. The molecular formula is C30H33N3O3. The van der Waals surface area contributed by atoms with Gasteiger partial charge in [0.25, 0.3) is 0 Å². The molecule has 6 rings (SSSR count). The normalized spacial score (nSPS) is 18.1. The van der Waals surface area contributed by atoms with Gasteiger partial charge in [0.2, 0.25) is 5.91 Å². The number of hydrogen-bond donors (Lipinski definition) is 1. The first kappa shape index (κ1) is 22.9. The first-order chi connectivity index (χ1) is 17.6. The molecular weight excluding hydrogens is 450 g/mol. The van der Waals surface area contributed by atoms with Crippen molar-refractivity contribution in [3.63, 3.8) is 0 Å². The largest absolute Gasteiger partial charge is 0.478 e. The lowest BCUT2D eigenvalue weighted by Crippen LogP contribution is -2.42. The third-order valence-electron chi connectivity index (χ3n) is 8.19. The van der Waals surface area contributed by atoms with Crippen LogP contribution in [0.2, 0.25) is 0 Å². The van der Waals surface area contributed by atoms with E-state index < -0.39 is 5.97 Å².